The summed E-state index contributed by atoms with van der Waals surface area (Å²) >= 11 is 7.69. The molecule has 0 aliphatic rings. The zero-order valence-corrected chi connectivity index (χ0v) is 15.3. The summed E-state index contributed by atoms with van der Waals surface area (Å²) in [5.41, 5.74) is 1.99. The molecule has 24 heavy (non-hydrogen) atoms. The van der Waals surface area contributed by atoms with Crippen LogP contribution in [0.15, 0.2) is 29.6 Å². The summed E-state index contributed by atoms with van der Waals surface area (Å²) in [5.74, 6) is 0.630. The Morgan fingerprint density at radius 2 is 1.75 bits per heavy atom. The first kappa shape index (κ1) is 17.1. The van der Waals surface area contributed by atoms with Crippen LogP contribution in [0.1, 0.15) is 26.7 Å². The van der Waals surface area contributed by atoms with Crippen molar-refractivity contribution in [3.8, 4) is 11.1 Å². The van der Waals surface area contributed by atoms with Crippen molar-refractivity contribution in [3.63, 3.8) is 0 Å². The standard InChI is InChI=1S/C18H19ClFN3S/c1-3-9-23(10-4-2)16-15-14(12-5-7-13(20)8-6-12)11-24-17(15)22-18(19)21-16/h5-8,11H,3-4,9-10H2,1-2H3. The van der Waals surface area contributed by atoms with Crippen LogP contribution in [0, 0.1) is 5.82 Å². The molecule has 0 unspecified atom stereocenters. The molecule has 0 radical (unpaired) electrons. The molecule has 0 N–H and O–H groups in total. The van der Waals surface area contributed by atoms with Crippen molar-refractivity contribution in [2.45, 2.75) is 26.7 Å². The molecule has 126 valence electrons. The summed E-state index contributed by atoms with van der Waals surface area (Å²) in [6.45, 7) is 6.12. The van der Waals surface area contributed by atoms with Gasteiger partial charge in [0.25, 0.3) is 0 Å². The fourth-order valence-electron chi connectivity index (χ4n) is 2.83. The molecule has 6 heteroatoms. The van der Waals surface area contributed by atoms with E-state index in [-0.39, 0.29) is 11.1 Å². The minimum atomic E-state index is -0.239. The van der Waals surface area contributed by atoms with Gasteiger partial charge in [-0.25, -0.2) is 9.37 Å². The number of aromatic nitrogens is 2. The highest BCUT2D eigenvalue weighted by Crippen LogP contribution is 2.39. The van der Waals surface area contributed by atoms with Gasteiger partial charge in [-0.15, -0.1) is 11.3 Å². The molecule has 0 spiro atoms. The number of benzene rings is 1. The quantitative estimate of drug-likeness (QED) is 0.520. The number of hydrogen-bond acceptors (Lipinski definition) is 4. The summed E-state index contributed by atoms with van der Waals surface area (Å²) in [6.07, 6.45) is 2.05. The molecule has 2 aromatic heterocycles. The van der Waals surface area contributed by atoms with E-state index in [1.807, 2.05) is 5.38 Å². The van der Waals surface area contributed by atoms with Gasteiger partial charge >= 0.3 is 0 Å². The van der Waals surface area contributed by atoms with E-state index in [9.17, 15) is 4.39 Å². The Labute approximate surface area is 150 Å². The summed E-state index contributed by atoms with van der Waals surface area (Å²) in [5, 5.41) is 3.31. The third-order valence-electron chi connectivity index (χ3n) is 3.83. The van der Waals surface area contributed by atoms with Crippen molar-refractivity contribution < 1.29 is 4.39 Å². The number of anilines is 1. The molecule has 0 bridgehead atoms. The molecule has 0 amide bonds. The number of halogens is 2. The maximum absolute atomic E-state index is 13.3. The van der Waals surface area contributed by atoms with Crippen LogP contribution >= 0.6 is 22.9 Å². The van der Waals surface area contributed by atoms with Gasteiger partial charge in [0, 0.05) is 24.0 Å². The Bertz CT molecular complexity index is 826. The fraction of sp³-hybridized carbons (Fsp3) is 0.333. The van der Waals surface area contributed by atoms with E-state index in [1.165, 1.54) is 23.5 Å². The molecule has 0 saturated heterocycles. The van der Waals surface area contributed by atoms with Crippen molar-refractivity contribution in [2.75, 3.05) is 18.0 Å². The fourth-order valence-corrected chi connectivity index (χ4v) is 3.99. The molecule has 1 aromatic carbocycles. The topological polar surface area (TPSA) is 29.0 Å². The van der Waals surface area contributed by atoms with Gasteiger partial charge < -0.3 is 4.90 Å². The number of fused-ring (bicyclic) bond motifs is 1. The van der Waals surface area contributed by atoms with Gasteiger partial charge in [-0.1, -0.05) is 26.0 Å². The Hall–Kier alpha value is -1.72. The molecule has 0 saturated carbocycles. The zero-order valence-electron chi connectivity index (χ0n) is 13.7. The Balaban J connectivity index is 2.20. The number of rotatable bonds is 6. The monoisotopic (exact) mass is 363 g/mol. The van der Waals surface area contributed by atoms with Crippen molar-refractivity contribution in [1.82, 2.24) is 9.97 Å². The second kappa shape index (κ2) is 7.45. The van der Waals surface area contributed by atoms with E-state index in [0.29, 0.717) is 0 Å². The molecule has 0 atom stereocenters. The largest absolute Gasteiger partial charge is 0.356 e. The van der Waals surface area contributed by atoms with E-state index in [4.69, 9.17) is 11.6 Å². The number of hydrogen-bond donors (Lipinski definition) is 0. The maximum atomic E-state index is 13.3. The molecular formula is C18H19ClFN3S. The SMILES string of the molecule is CCCN(CCC)c1nc(Cl)nc2scc(-c3ccc(F)cc3)c12. The van der Waals surface area contributed by atoms with Gasteiger partial charge in [0.1, 0.15) is 16.5 Å². The first-order valence-corrected chi connectivity index (χ1v) is 9.35. The van der Waals surface area contributed by atoms with Crippen LogP contribution in [-0.4, -0.2) is 23.1 Å². The highest BCUT2D eigenvalue weighted by Gasteiger charge is 2.19. The van der Waals surface area contributed by atoms with E-state index in [1.54, 1.807) is 12.1 Å². The van der Waals surface area contributed by atoms with Crippen molar-refractivity contribution in [1.29, 1.82) is 0 Å². The maximum Gasteiger partial charge on any atom is 0.225 e. The van der Waals surface area contributed by atoms with Gasteiger partial charge in [0.05, 0.1) is 5.39 Å². The van der Waals surface area contributed by atoms with Crippen LogP contribution in [0.4, 0.5) is 10.2 Å². The van der Waals surface area contributed by atoms with Crippen LogP contribution < -0.4 is 4.90 Å². The van der Waals surface area contributed by atoms with Crippen LogP contribution in [-0.2, 0) is 0 Å². The average Bonchev–Trinajstić information content (AvgIpc) is 2.98. The molecule has 2 heterocycles. The van der Waals surface area contributed by atoms with Crippen LogP contribution in [0.25, 0.3) is 21.3 Å². The second-order valence-electron chi connectivity index (χ2n) is 5.64. The highest BCUT2D eigenvalue weighted by atomic mass is 35.5. The van der Waals surface area contributed by atoms with Crippen LogP contribution in [0.2, 0.25) is 5.28 Å². The van der Waals surface area contributed by atoms with Crippen LogP contribution in [0.3, 0.4) is 0 Å². The molecule has 3 nitrogen and oxygen atoms in total. The van der Waals surface area contributed by atoms with Gasteiger partial charge in [-0.05, 0) is 42.1 Å². The normalized spacial score (nSPS) is 11.2. The molecule has 0 aliphatic heterocycles. The minimum absolute atomic E-state index is 0.239. The second-order valence-corrected chi connectivity index (χ2v) is 6.84. The third-order valence-corrected chi connectivity index (χ3v) is 4.87. The lowest BCUT2D eigenvalue weighted by atomic mass is 10.1. The van der Waals surface area contributed by atoms with Crippen molar-refractivity contribution in [3.05, 3.63) is 40.7 Å². The van der Waals surface area contributed by atoms with E-state index >= 15 is 0 Å². The smallest absolute Gasteiger partial charge is 0.225 e. The number of nitrogens with zero attached hydrogens (tertiary/aromatic N) is 3. The van der Waals surface area contributed by atoms with Gasteiger partial charge in [-0.2, -0.15) is 4.98 Å². The molecule has 0 fully saturated rings. The summed E-state index contributed by atoms with van der Waals surface area (Å²) < 4.78 is 13.3. The molecule has 0 aliphatic carbocycles. The van der Waals surface area contributed by atoms with Gasteiger partial charge in [-0.3, -0.25) is 0 Å². The van der Waals surface area contributed by atoms with Crippen molar-refractivity contribution in [2.24, 2.45) is 0 Å². The average molecular weight is 364 g/mol. The van der Waals surface area contributed by atoms with E-state index < -0.39 is 0 Å². The lowest BCUT2D eigenvalue weighted by Gasteiger charge is -2.23. The predicted molar refractivity (Wildman–Crippen MR) is 101 cm³/mol. The lowest BCUT2D eigenvalue weighted by molar-refractivity contribution is 0.628. The first-order valence-electron chi connectivity index (χ1n) is 8.09. The summed E-state index contributed by atoms with van der Waals surface area (Å²) in [4.78, 5) is 12.0. The van der Waals surface area contributed by atoms with Gasteiger partial charge in [0.15, 0.2) is 0 Å². The molecular weight excluding hydrogens is 345 g/mol. The summed E-state index contributed by atoms with van der Waals surface area (Å²) in [6, 6.07) is 6.54. The van der Waals surface area contributed by atoms with Crippen molar-refractivity contribution >= 4 is 39.0 Å². The Kier molecular flexibility index (Phi) is 5.31. The summed E-state index contributed by atoms with van der Waals surface area (Å²) in [7, 11) is 0. The Morgan fingerprint density at radius 1 is 1.08 bits per heavy atom. The van der Waals surface area contributed by atoms with E-state index in [2.05, 4.69) is 28.7 Å². The Morgan fingerprint density at radius 3 is 2.38 bits per heavy atom. The third kappa shape index (κ3) is 3.37. The first-order chi connectivity index (χ1) is 11.6. The lowest BCUT2D eigenvalue weighted by Crippen LogP contribution is -2.26. The molecule has 3 aromatic rings. The number of thiophene rings is 1. The highest BCUT2D eigenvalue weighted by molar-refractivity contribution is 7.17. The zero-order chi connectivity index (χ0) is 17.1. The minimum Gasteiger partial charge on any atom is -0.356 e. The van der Waals surface area contributed by atoms with Gasteiger partial charge in [0.2, 0.25) is 5.28 Å². The van der Waals surface area contributed by atoms with E-state index in [0.717, 1.165) is 53.1 Å². The predicted octanol–water partition coefficient (Wildman–Crippen LogP) is 5.78. The van der Waals surface area contributed by atoms with Crippen LogP contribution in [0.5, 0.6) is 0 Å². The molecule has 3 rings (SSSR count).